The SMILES string of the molecule is CC(C)[C@H]1CC[C@H]2[C@@H]3[C@H](O)C[C@@H]4C[C@H](O)CC[C@]4(C)[C@H]3CC[C@]12C. The van der Waals surface area contributed by atoms with Crippen molar-refractivity contribution in [3.63, 3.8) is 0 Å². The van der Waals surface area contributed by atoms with E-state index >= 15 is 0 Å². The molecule has 0 radical (unpaired) electrons. The molecule has 0 amide bonds. The lowest BCUT2D eigenvalue weighted by atomic mass is 9.43. The molecule has 2 heteroatoms. The molecule has 4 rings (SSSR count). The van der Waals surface area contributed by atoms with E-state index in [4.69, 9.17) is 0 Å². The summed E-state index contributed by atoms with van der Waals surface area (Å²) in [4.78, 5) is 0. The van der Waals surface area contributed by atoms with Gasteiger partial charge in [0, 0.05) is 0 Å². The van der Waals surface area contributed by atoms with Crippen LogP contribution in [0.25, 0.3) is 0 Å². The van der Waals surface area contributed by atoms with E-state index in [0.717, 1.165) is 37.0 Å². The Balaban J connectivity index is 1.65. The van der Waals surface area contributed by atoms with Crippen molar-refractivity contribution in [2.45, 2.75) is 91.3 Å². The van der Waals surface area contributed by atoms with Crippen LogP contribution in [0.2, 0.25) is 0 Å². The molecule has 0 aromatic heterocycles. The van der Waals surface area contributed by atoms with E-state index in [0.29, 0.717) is 28.6 Å². The molecular formula is C22H38O2. The molecule has 2 N–H and O–H groups in total. The zero-order valence-corrected chi connectivity index (χ0v) is 16.2. The number of fused-ring (bicyclic) bond motifs is 5. The third-order valence-corrected chi connectivity index (χ3v) is 9.53. The third kappa shape index (κ3) is 2.28. The van der Waals surface area contributed by atoms with Gasteiger partial charge in [0.1, 0.15) is 0 Å². The predicted octanol–water partition coefficient (Wildman–Crippen LogP) is 4.63. The first-order valence-corrected chi connectivity index (χ1v) is 10.6. The van der Waals surface area contributed by atoms with Crippen LogP contribution in [0.15, 0.2) is 0 Å². The van der Waals surface area contributed by atoms with E-state index in [-0.39, 0.29) is 12.2 Å². The van der Waals surface area contributed by atoms with E-state index in [9.17, 15) is 10.2 Å². The van der Waals surface area contributed by atoms with Gasteiger partial charge in [-0.1, -0.05) is 27.7 Å². The minimum atomic E-state index is -0.131. The molecule has 0 spiro atoms. The summed E-state index contributed by atoms with van der Waals surface area (Å²) >= 11 is 0. The minimum Gasteiger partial charge on any atom is -0.393 e. The van der Waals surface area contributed by atoms with Gasteiger partial charge in [-0.15, -0.1) is 0 Å². The van der Waals surface area contributed by atoms with Crippen LogP contribution in [-0.2, 0) is 0 Å². The highest BCUT2D eigenvalue weighted by Gasteiger charge is 2.62. The van der Waals surface area contributed by atoms with Crippen molar-refractivity contribution in [2.24, 2.45) is 46.3 Å². The van der Waals surface area contributed by atoms with E-state index in [2.05, 4.69) is 27.7 Å². The van der Waals surface area contributed by atoms with Crippen LogP contribution in [0.5, 0.6) is 0 Å². The Morgan fingerprint density at radius 3 is 2.21 bits per heavy atom. The van der Waals surface area contributed by atoms with Crippen LogP contribution in [0.1, 0.15) is 79.1 Å². The van der Waals surface area contributed by atoms with E-state index in [1.807, 2.05) is 0 Å². The summed E-state index contributed by atoms with van der Waals surface area (Å²) in [5.41, 5.74) is 0.814. The second-order valence-corrected chi connectivity index (χ2v) is 10.7. The van der Waals surface area contributed by atoms with Gasteiger partial charge in [-0.3, -0.25) is 0 Å². The van der Waals surface area contributed by atoms with Gasteiger partial charge in [0.2, 0.25) is 0 Å². The summed E-state index contributed by atoms with van der Waals surface area (Å²) < 4.78 is 0. The zero-order valence-electron chi connectivity index (χ0n) is 16.2. The highest BCUT2D eigenvalue weighted by Crippen LogP contribution is 2.68. The quantitative estimate of drug-likeness (QED) is 0.734. The van der Waals surface area contributed by atoms with Crippen molar-refractivity contribution < 1.29 is 10.2 Å². The number of aliphatic hydroxyl groups excluding tert-OH is 2. The van der Waals surface area contributed by atoms with Crippen molar-refractivity contribution in [2.75, 3.05) is 0 Å². The van der Waals surface area contributed by atoms with Gasteiger partial charge >= 0.3 is 0 Å². The number of hydrogen-bond acceptors (Lipinski definition) is 2. The average Bonchev–Trinajstić information content (AvgIpc) is 2.86. The Labute approximate surface area is 148 Å². The van der Waals surface area contributed by atoms with E-state index < -0.39 is 0 Å². The molecule has 2 nitrogen and oxygen atoms in total. The maximum atomic E-state index is 11.1. The Hall–Kier alpha value is -0.0800. The van der Waals surface area contributed by atoms with Crippen molar-refractivity contribution >= 4 is 0 Å². The van der Waals surface area contributed by atoms with Crippen LogP contribution >= 0.6 is 0 Å². The lowest BCUT2D eigenvalue weighted by Crippen LogP contribution is -2.58. The summed E-state index contributed by atoms with van der Waals surface area (Å²) in [6, 6.07) is 0. The fourth-order valence-corrected chi connectivity index (χ4v) is 8.34. The third-order valence-electron chi connectivity index (χ3n) is 9.53. The summed E-state index contributed by atoms with van der Waals surface area (Å²) in [5.74, 6) is 4.07. The fourth-order valence-electron chi connectivity index (χ4n) is 8.34. The number of aliphatic hydroxyl groups is 2. The molecule has 0 aliphatic heterocycles. The van der Waals surface area contributed by atoms with Gasteiger partial charge in [0.15, 0.2) is 0 Å². The topological polar surface area (TPSA) is 40.5 Å². The Kier molecular flexibility index (Phi) is 4.12. The van der Waals surface area contributed by atoms with Gasteiger partial charge in [-0.2, -0.15) is 0 Å². The number of hydrogen-bond donors (Lipinski definition) is 2. The van der Waals surface area contributed by atoms with E-state index in [1.165, 1.54) is 32.1 Å². The van der Waals surface area contributed by atoms with Gasteiger partial charge in [0.05, 0.1) is 12.2 Å². The fraction of sp³-hybridized carbons (Fsp3) is 1.00. The molecule has 4 fully saturated rings. The van der Waals surface area contributed by atoms with Crippen molar-refractivity contribution in [1.29, 1.82) is 0 Å². The maximum Gasteiger partial charge on any atom is 0.0577 e. The van der Waals surface area contributed by atoms with Crippen LogP contribution in [0.4, 0.5) is 0 Å². The predicted molar refractivity (Wildman–Crippen MR) is 97.5 cm³/mol. The summed E-state index contributed by atoms with van der Waals surface area (Å²) in [6.07, 6.45) is 9.12. The van der Waals surface area contributed by atoms with Gasteiger partial charge in [-0.05, 0) is 97.7 Å². The first kappa shape index (κ1) is 17.3. The van der Waals surface area contributed by atoms with E-state index in [1.54, 1.807) is 0 Å². The van der Waals surface area contributed by atoms with Crippen molar-refractivity contribution in [3.8, 4) is 0 Å². The molecule has 0 bridgehead atoms. The monoisotopic (exact) mass is 334 g/mol. The molecule has 24 heavy (non-hydrogen) atoms. The molecule has 138 valence electrons. The van der Waals surface area contributed by atoms with Crippen LogP contribution in [-0.4, -0.2) is 22.4 Å². The molecule has 0 aromatic carbocycles. The van der Waals surface area contributed by atoms with Crippen LogP contribution in [0, 0.1) is 46.3 Å². The summed E-state index contributed by atoms with van der Waals surface area (Å²) in [5, 5.41) is 21.3. The first-order valence-electron chi connectivity index (χ1n) is 10.6. The molecule has 0 unspecified atom stereocenters. The molecule has 4 aliphatic rings. The minimum absolute atomic E-state index is 0.127. The molecular weight excluding hydrogens is 296 g/mol. The molecule has 0 aromatic rings. The molecule has 0 heterocycles. The second-order valence-electron chi connectivity index (χ2n) is 10.7. The smallest absolute Gasteiger partial charge is 0.0577 e. The standard InChI is InChI=1S/C22H38O2/c1-13(2)16-5-6-17-20-18(8-10-22(16,17)4)21(3)9-7-15(23)11-14(21)12-19(20)24/h13-20,23-24H,5-12H2,1-4H3/t14-,15+,16+,17-,18-,19+,20-,21-,22+/m0/s1. The van der Waals surface area contributed by atoms with Crippen molar-refractivity contribution in [1.82, 2.24) is 0 Å². The zero-order chi connectivity index (χ0) is 17.3. The van der Waals surface area contributed by atoms with Crippen LogP contribution < -0.4 is 0 Å². The summed E-state index contributed by atoms with van der Waals surface area (Å²) in [6.45, 7) is 9.87. The first-order chi connectivity index (χ1) is 11.3. The average molecular weight is 335 g/mol. The highest BCUT2D eigenvalue weighted by molar-refractivity contribution is 5.11. The largest absolute Gasteiger partial charge is 0.393 e. The number of rotatable bonds is 1. The van der Waals surface area contributed by atoms with Gasteiger partial charge < -0.3 is 10.2 Å². The summed E-state index contributed by atoms with van der Waals surface area (Å²) in [7, 11) is 0. The Morgan fingerprint density at radius 1 is 0.833 bits per heavy atom. The Morgan fingerprint density at radius 2 is 1.50 bits per heavy atom. The lowest BCUT2D eigenvalue weighted by Gasteiger charge is -2.62. The lowest BCUT2D eigenvalue weighted by molar-refractivity contribution is -0.174. The van der Waals surface area contributed by atoms with Crippen LogP contribution in [0.3, 0.4) is 0 Å². The van der Waals surface area contributed by atoms with Crippen molar-refractivity contribution in [3.05, 3.63) is 0 Å². The molecule has 9 atom stereocenters. The Bertz CT molecular complexity index is 488. The van der Waals surface area contributed by atoms with Gasteiger partial charge in [0.25, 0.3) is 0 Å². The van der Waals surface area contributed by atoms with Gasteiger partial charge in [-0.25, -0.2) is 0 Å². The normalized spacial score (nSPS) is 57.4. The highest BCUT2D eigenvalue weighted by atomic mass is 16.3. The molecule has 4 aliphatic carbocycles. The molecule has 0 saturated heterocycles. The second kappa shape index (κ2) is 5.71. The molecule has 4 saturated carbocycles. The maximum absolute atomic E-state index is 11.1.